The highest BCUT2D eigenvalue weighted by Gasteiger charge is 2.74. The molecule has 5 atom stereocenters. The summed E-state index contributed by atoms with van der Waals surface area (Å²) in [6.07, 6.45) is 10.6. The number of hydrogen-bond acceptors (Lipinski definition) is 5. The number of carbonyl (C=O) groups excluding carboxylic acids is 3. The van der Waals surface area contributed by atoms with Crippen molar-refractivity contribution in [2.45, 2.75) is 81.3 Å². The highest BCUT2D eigenvalue weighted by atomic mass is 32.1. The summed E-state index contributed by atoms with van der Waals surface area (Å²) in [4.78, 5) is 43.3. The molecule has 170 valence electrons. The van der Waals surface area contributed by atoms with Gasteiger partial charge in [-0.2, -0.15) is 0 Å². The Hall–Kier alpha value is -2.19. The van der Waals surface area contributed by atoms with Crippen LogP contribution in [-0.2, 0) is 25.7 Å². The molecule has 5 unspecified atom stereocenters. The van der Waals surface area contributed by atoms with Gasteiger partial charge in [0, 0.05) is 17.0 Å². The zero-order valence-electron chi connectivity index (χ0n) is 18.0. The second kappa shape index (κ2) is 7.70. The van der Waals surface area contributed by atoms with Gasteiger partial charge in [0.05, 0.1) is 24.5 Å². The first-order valence-corrected chi connectivity index (χ1v) is 12.8. The van der Waals surface area contributed by atoms with Crippen molar-refractivity contribution >= 4 is 29.1 Å². The van der Waals surface area contributed by atoms with Crippen LogP contribution in [0.25, 0.3) is 0 Å². The number of nitrogens with one attached hydrogen (secondary N) is 2. The number of likely N-dealkylation sites (tertiary alicyclic amines) is 1. The van der Waals surface area contributed by atoms with Gasteiger partial charge in [0.25, 0.3) is 0 Å². The molecule has 0 radical (unpaired) electrons. The number of rotatable bonds is 6. The third kappa shape index (κ3) is 3.14. The Labute approximate surface area is 191 Å². The fourth-order valence-electron chi connectivity index (χ4n) is 6.18. The Morgan fingerprint density at radius 3 is 2.69 bits per heavy atom. The molecule has 1 spiro atoms. The van der Waals surface area contributed by atoms with Gasteiger partial charge in [0.1, 0.15) is 11.6 Å². The minimum Gasteiger partial charge on any atom is -0.359 e. The van der Waals surface area contributed by atoms with Gasteiger partial charge in [-0.05, 0) is 37.1 Å². The fraction of sp³-hybridized carbons (Fsp3) is 0.625. The molecule has 3 aliphatic heterocycles. The van der Waals surface area contributed by atoms with Gasteiger partial charge in [-0.3, -0.25) is 14.4 Å². The second-order valence-electron chi connectivity index (χ2n) is 9.82. The maximum absolute atomic E-state index is 13.7. The van der Waals surface area contributed by atoms with Gasteiger partial charge in [0.15, 0.2) is 0 Å². The molecule has 32 heavy (non-hydrogen) atoms. The summed E-state index contributed by atoms with van der Waals surface area (Å²) in [6, 6.07) is 3.48. The van der Waals surface area contributed by atoms with E-state index >= 15 is 0 Å². The topological polar surface area (TPSA) is 87.7 Å². The zero-order chi connectivity index (χ0) is 21.9. The van der Waals surface area contributed by atoms with Gasteiger partial charge in [-0.1, -0.05) is 37.5 Å². The third-order valence-electron chi connectivity index (χ3n) is 7.77. The van der Waals surface area contributed by atoms with Gasteiger partial charge < -0.3 is 20.3 Å². The molecule has 2 N–H and O–H groups in total. The summed E-state index contributed by atoms with van der Waals surface area (Å²) >= 11 is 1.59. The van der Waals surface area contributed by atoms with Crippen LogP contribution in [0.15, 0.2) is 29.7 Å². The first-order chi connectivity index (χ1) is 15.6. The lowest BCUT2D eigenvalue weighted by Gasteiger charge is -2.34. The zero-order valence-corrected chi connectivity index (χ0v) is 18.8. The average molecular weight is 456 g/mol. The van der Waals surface area contributed by atoms with Crippen LogP contribution in [0.1, 0.15) is 49.8 Å². The molecule has 2 bridgehead atoms. The lowest BCUT2D eigenvalue weighted by atomic mass is 9.74. The van der Waals surface area contributed by atoms with Crippen LogP contribution < -0.4 is 10.6 Å². The number of ether oxygens (including phenoxy) is 1. The van der Waals surface area contributed by atoms with E-state index in [9.17, 15) is 14.4 Å². The predicted molar refractivity (Wildman–Crippen MR) is 119 cm³/mol. The van der Waals surface area contributed by atoms with Crippen molar-refractivity contribution in [3.8, 4) is 0 Å². The molecule has 6 rings (SSSR count). The Morgan fingerprint density at radius 1 is 1.16 bits per heavy atom. The Balaban J connectivity index is 1.26. The molecule has 1 aromatic heterocycles. The summed E-state index contributed by atoms with van der Waals surface area (Å²) in [6.45, 7) is 0.440. The van der Waals surface area contributed by atoms with Gasteiger partial charge >= 0.3 is 0 Å². The predicted octanol–water partition coefficient (Wildman–Crippen LogP) is 2.13. The van der Waals surface area contributed by atoms with E-state index in [1.807, 2.05) is 29.7 Å². The summed E-state index contributed by atoms with van der Waals surface area (Å²) < 4.78 is 6.36. The van der Waals surface area contributed by atoms with Crippen LogP contribution in [0.3, 0.4) is 0 Å². The summed E-state index contributed by atoms with van der Waals surface area (Å²) in [5.41, 5.74) is -1.03. The van der Waals surface area contributed by atoms with Crippen molar-refractivity contribution in [1.29, 1.82) is 0 Å². The van der Waals surface area contributed by atoms with E-state index in [1.54, 1.807) is 16.2 Å². The van der Waals surface area contributed by atoms with E-state index < -0.39 is 29.6 Å². The third-order valence-corrected chi connectivity index (χ3v) is 8.65. The molecule has 7 nitrogen and oxygen atoms in total. The van der Waals surface area contributed by atoms with E-state index in [0.29, 0.717) is 6.54 Å². The maximum Gasteiger partial charge on any atom is 0.246 e. The Kier molecular flexibility index (Phi) is 4.91. The molecule has 2 saturated carbocycles. The molecule has 4 fully saturated rings. The number of thiophene rings is 1. The van der Waals surface area contributed by atoms with Crippen LogP contribution in [0.2, 0.25) is 0 Å². The van der Waals surface area contributed by atoms with Crippen LogP contribution in [0.5, 0.6) is 0 Å². The minimum absolute atomic E-state index is 0.0791. The molecule has 2 saturated heterocycles. The van der Waals surface area contributed by atoms with Crippen molar-refractivity contribution in [1.82, 2.24) is 15.5 Å². The van der Waals surface area contributed by atoms with Crippen molar-refractivity contribution in [3.05, 3.63) is 34.5 Å². The van der Waals surface area contributed by atoms with Crippen molar-refractivity contribution < 1.29 is 19.1 Å². The van der Waals surface area contributed by atoms with Crippen LogP contribution in [-0.4, -0.2) is 52.5 Å². The molecule has 4 heterocycles. The van der Waals surface area contributed by atoms with Gasteiger partial charge in [0.2, 0.25) is 17.7 Å². The van der Waals surface area contributed by atoms with Crippen LogP contribution in [0.4, 0.5) is 0 Å². The van der Waals surface area contributed by atoms with Crippen molar-refractivity contribution in [2.75, 3.05) is 0 Å². The van der Waals surface area contributed by atoms with E-state index in [0.717, 1.165) is 43.4 Å². The lowest BCUT2D eigenvalue weighted by molar-refractivity contribution is -0.142. The molecule has 0 aromatic carbocycles. The molecule has 2 aliphatic carbocycles. The number of nitrogens with zero attached hydrogens (tertiary/aromatic N) is 1. The maximum atomic E-state index is 13.7. The van der Waals surface area contributed by atoms with E-state index in [4.69, 9.17) is 4.74 Å². The molecular weight excluding hydrogens is 426 g/mol. The Bertz CT molecular complexity index is 952. The van der Waals surface area contributed by atoms with Crippen LogP contribution in [0, 0.1) is 11.8 Å². The molecule has 5 aliphatic rings. The van der Waals surface area contributed by atoms with Crippen molar-refractivity contribution in [3.63, 3.8) is 0 Å². The average Bonchev–Trinajstić information content (AvgIpc) is 3.15. The van der Waals surface area contributed by atoms with E-state index in [-0.39, 0.29) is 29.8 Å². The van der Waals surface area contributed by atoms with Crippen molar-refractivity contribution in [2.24, 2.45) is 11.8 Å². The number of amides is 3. The number of carbonyl (C=O) groups is 3. The SMILES string of the molecule is O=C(NCc1cccs1)C1C2C=CC3(O2)C1C(=O)N(C1CC1)C3C(=O)NC1CCCCC1. The quantitative estimate of drug-likeness (QED) is 0.644. The number of hydrogen-bond donors (Lipinski definition) is 2. The highest BCUT2D eigenvalue weighted by molar-refractivity contribution is 7.09. The largest absolute Gasteiger partial charge is 0.359 e. The summed E-state index contributed by atoms with van der Waals surface area (Å²) in [7, 11) is 0. The molecule has 3 amide bonds. The molecule has 1 aromatic rings. The smallest absolute Gasteiger partial charge is 0.246 e. The monoisotopic (exact) mass is 455 g/mol. The first kappa shape index (κ1) is 20.4. The van der Waals surface area contributed by atoms with Gasteiger partial charge in [-0.25, -0.2) is 0 Å². The van der Waals surface area contributed by atoms with E-state index in [2.05, 4.69) is 10.6 Å². The summed E-state index contributed by atoms with van der Waals surface area (Å²) in [5, 5.41) is 8.20. The van der Waals surface area contributed by atoms with Gasteiger partial charge in [-0.15, -0.1) is 11.3 Å². The first-order valence-electron chi connectivity index (χ1n) is 11.9. The lowest BCUT2D eigenvalue weighted by Crippen LogP contribution is -2.57. The molecular formula is C24H29N3O4S. The minimum atomic E-state index is -1.03. The fourth-order valence-corrected chi connectivity index (χ4v) is 6.83. The van der Waals surface area contributed by atoms with E-state index in [1.165, 1.54) is 6.42 Å². The highest BCUT2D eigenvalue weighted by Crippen LogP contribution is 2.57. The Morgan fingerprint density at radius 2 is 1.97 bits per heavy atom. The number of fused-ring (bicyclic) bond motifs is 1. The standard InChI is InChI=1S/C24H29N3O4S/c28-21(25-13-16-7-4-12-32-16)18-17-10-11-24(31-17)19(18)23(30)27(15-8-9-15)20(24)22(29)26-14-5-2-1-3-6-14/h4,7,10-12,14-15,17-20H,1-3,5-6,8-9,13H2,(H,25,28)(H,26,29). The summed E-state index contributed by atoms with van der Waals surface area (Å²) in [5.74, 6) is -1.62. The molecule has 8 heteroatoms. The second-order valence-corrected chi connectivity index (χ2v) is 10.9. The van der Waals surface area contributed by atoms with Crippen LogP contribution >= 0.6 is 11.3 Å². The normalized spacial score (nSPS) is 35.9.